The number of anilines is 1. The SMILES string of the molecule is C[C@@H](O)COc1ccc2c(c1)CCC(=O)N2. The van der Waals surface area contributed by atoms with Gasteiger partial charge in [0.2, 0.25) is 5.91 Å². The zero-order valence-electron chi connectivity index (χ0n) is 9.19. The predicted octanol–water partition coefficient (Wildman–Crippen LogP) is 1.33. The Morgan fingerprint density at radius 1 is 1.50 bits per heavy atom. The maximum Gasteiger partial charge on any atom is 0.224 e. The van der Waals surface area contributed by atoms with Crippen molar-refractivity contribution in [2.75, 3.05) is 11.9 Å². The fourth-order valence-corrected chi connectivity index (χ4v) is 1.67. The quantitative estimate of drug-likeness (QED) is 0.809. The van der Waals surface area contributed by atoms with E-state index in [4.69, 9.17) is 9.84 Å². The molecule has 0 aliphatic carbocycles. The lowest BCUT2D eigenvalue weighted by molar-refractivity contribution is -0.116. The van der Waals surface area contributed by atoms with Crippen molar-refractivity contribution in [1.29, 1.82) is 0 Å². The van der Waals surface area contributed by atoms with Crippen molar-refractivity contribution in [3.8, 4) is 5.75 Å². The van der Waals surface area contributed by atoms with Crippen LogP contribution < -0.4 is 10.1 Å². The van der Waals surface area contributed by atoms with Crippen LogP contribution in [-0.4, -0.2) is 23.7 Å². The zero-order chi connectivity index (χ0) is 11.5. The van der Waals surface area contributed by atoms with E-state index in [0.29, 0.717) is 6.42 Å². The van der Waals surface area contributed by atoms with E-state index in [9.17, 15) is 4.79 Å². The van der Waals surface area contributed by atoms with Gasteiger partial charge in [-0.25, -0.2) is 0 Å². The number of fused-ring (bicyclic) bond motifs is 1. The number of aliphatic hydroxyl groups is 1. The Labute approximate surface area is 94.2 Å². The van der Waals surface area contributed by atoms with Gasteiger partial charge in [-0.05, 0) is 37.1 Å². The standard InChI is InChI=1S/C12H15NO3/c1-8(14)7-16-10-3-4-11-9(6-10)2-5-12(15)13-11/h3-4,6,8,14H,2,5,7H2,1H3,(H,13,15)/t8-/m1/s1. The van der Waals surface area contributed by atoms with Crippen molar-refractivity contribution in [3.63, 3.8) is 0 Å². The summed E-state index contributed by atoms with van der Waals surface area (Å²) in [7, 11) is 0. The van der Waals surface area contributed by atoms with E-state index in [-0.39, 0.29) is 12.5 Å². The number of hydrogen-bond acceptors (Lipinski definition) is 3. The van der Waals surface area contributed by atoms with Crippen LogP contribution in [-0.2, 0) is 11.2 Å². The molecule has 1 aromatic carbocycles. The first-order valence-electron chi connectivity index (χ1n) is 5.39. The first-order valence-corrected chi connectivity index (χ1v) is 5.39. The van der Waals surface area contributed by atoms with E-state index in [0.717, 1.165) is 23.4 Å². The van der Waals surface area contributed by atoms with Crippen LogP contribution in [0.5, 0.6) is 5.75 Å². The summed E-state index contributed by atoms with van der Waals surface area (Å²) in [6.45, 7) is 1.96. The van der Waals surface area contributed by atoms with E-state index in [1.165, 1.54) is 0 Å². The normalized spacial score (nSPS) is 16.2. The van der Waals surface area contributed by atoms with Crippen LogP contribution >= 0.6 is 0 Å². The van der Waals surface area contributed by atoms with Gasteiger partial charge in [0, 0.05) is 12.1 Å². The van der Waals surface area contributed by atoms with E-state index in [2.05, 4.69) is 5.32 Å². The molecule has 0 aromatic heterocycles. The molecule has 1 aliphatic rings. The number of nitrogens with one attached hydrogen (secondary N) is 1. The number of aryl methyl sites for hydroxylation is 1. The van der Waals surface area contributed by atoms with Gasteiger partial charge >= 0.3 is 0 Å². The lowest BCUT2D eigenvalue weighted by Crippen LogP contribution is -2.19. The van der Waals surface area contributed by atoms with Crippen LogP contribution in [0.4, 0.5) is 5.69 Å². The van der Waals surface area contributed by atoms with Gasteiger partial charge in [0.25, 0.3) is 0 Å². The second-order valence-electron chi connectivity index (χ2n) is 4.03. The molecule has 86 valence electrons. The summed E-state index contributed by atoms with van der Waals surface area (Å²) >= 11 is 0. The van der Waals surface area contributed by atoms with Crippen LogP contribution in [0.25, 0.3) is 0 Å². The molecule has 2 N–H and O–H groups in total. The van der Waals surface area contributed by atoms with Gasteiger partial charge in [-0.1, -0.05) is 0 Å². The Bertz CT molecular complexity index is 401. The second kappa shape index (κ2) is 4.53. The van der Waals surface area contributed by atoms with E-state index in [1.807, 2.05) is 12.1 Å². The molecule has 0 saturated heterocycles. The third kappa shape index (κ3) is 2.52. The average Bonchev–Trinajstić information content (AvgIpc) is 2.26. The molecular weight excluding hydrogens is 206 g/mol. The molecule has 0 radical (unpaired) electrons. The molecule has 1 aromatic rings. The Morgan fingerprint density at radius 2 is 2.31 bits per heavy atom. The molecule has 1 aliphatic heterocycles. The summed E-state index contributed by atoms with van der Waals surface area (Å²) in [4.78, 5) is 11.2. The summed E-state index contributed by atoms with van der Waals surface area (Å²) in [6, 6.07) is 5.55. The summed E-state index contributed by atoms with van der Waals surface area (Å²) < 4.78 is 5.40. The lowest BCUT2D eigenvalue weighted by Gasteiger charge is -2.18. The molecule has 4 nitrogen and oxygen atoms in total. The van der Waals surface area contributed by atoms with Crippen molar-refractivity contribution in [3.05, 3.63) is 23.8 Å². The fourth-order valence-electron chi connectivity index (χ4n) is 1.67. The van der Waals surface area contributed by atoms with E-state index in [1.54, 1.807) is 13.0 Å². The molecular formula is C12H15NO3. The topological polar surface area (TPSA) is 58.6 Å². The molecule has 0 fully saturated rings. The van der Waals surface area contributed by atoms with Crippen LogP contribution in [0.3, 0.4) is 0 Å². The Kier molecular flexibility index (Phi) is 3.10. The number of carbonyl (C=O) groups is 1. The van der Waals surface area contributed by atoms with Gasteiger partial charge in [-0.2, -0.15) is 0 Å². The monoisotopic (exact) mass is 221 g/mol. The molecule has 1 heterocycles. The maximum atomic E-state index is 11.2. The first kappa shape index (κ1) is 11.0. The number of rotatable bonds is 3. The fraction of sp³-hybridized carbons (Fsp3) is 0.417. The van der Waals surface area contributed by atoms with Crippen molar-refractivity contribution < 1.29 is 14.6 Å². The van der Waals surface area contributed by atoms with Gasteiger partial charge in [0.05, 0.1) is 6.10 Å². The molecule has 0 bridgehead atoms. The summed E-state index contributed by atoms with van der Waals surface area (Å²) in [6.07, 6.45) is 0.788. The number of benzene rings is 1. The zero-order valence-corrected chi connectivity index (χ0v) is 9.19. The Balaban J connectivity index is 2.10. The predicted molar refractivity (Wildman–Crippen MR) is 60.6 cm³/mol. The van der Waals surface area contributed by atoms with Crippen LogP contribution in [0, 0.1) is 0 Å². The summed E-state index contributed by atoms with van der Waals surface area (Å²) in [5.74, 6) is 0.793. The Hall–Kier alpha value is -1.55. The molecule has 16 heavy (non-hydrogen) atoms. The number of hydrogen-bond donors (Lipinski definition) is 2. The molecule has 0 spiro atoms. The summed E-state index contributed by atoms with van der Waals surface area (Å²) in [5, 5.41) is 11.9. The third-order valence-electron chi connectivity index (χ3n) is 2.46. The van der Waals surface area contributed by atoms with Crippen molar-refractivity contribution in [2.45, 2.75) is 25.9 Å². The minimum absolute atomic E-state index is 0.0603. The average molecular weight is 221 g/mol. The molecule has 1 atom stereocenters. The van der Waals surface area contributed by atoms with Crippen LogP contribution in [0.1, 0.15) is 18.9 Å². The lowest BCUT2D eigenvalue weighted by atomic mass is 10.0. The Morgan fingerprint density at radius 3 is 3.06 bits per heavy atom. The first-order chi connectivity index (χ1) is 7.65. The van der Waals surface area contributed by atoms with Gasteiger partial charge in [-0.3, -0.25) is 4.79 Å². The molecule has 4 heteroatoms. The molecule has 0 unspecified atom stereocenters. The highest BCUT2D eigenvalue weighted by molar-refractivity contribution is 5.93. The highest BCUT2D eigenvalue weighted by atomic mass is 16.5. The van der Waals surface area contributed by atoms with Crippen molar-refractivity contribution in [1.82, 2.24) is 0 Å². The van der Waals surface area contributed by atoms with Gasteiger partial charge in [-0.15, -0.1) is 0 Å². The third-order valence-corrected chi connectivity index (χ3v) is 2.46. The van der Waals surface area contributed by atoms with Crippen LogP contribution in [0.15, 0.2) is 18.2 Å². The minimum atomic E-state index is -0.476. The largest absolute Gasteiger partial charge is 0.491 e. The van der Waals surface area contributed by atoms with E-state index < -0.39 is 6.10 Å². The summed E-state index contributed by atoms with van der Waals surface area (Å²) in [5.41, 5.74) is 1.95. The second-order valence-corrected chi connectivity index (χ2v) is 4.03. The van der Waals surface area contributed by atoms with Gasteiger partial charge in [0.1, 0.15) is 12.4 Å². The van der Waals surface area contributed by atoms with E-state index >= 15 is 0 Å². The number of amides is 1. The number of ether oxygens (including phenoxy) is 1. The maximum absolute atomic E-state index is 11.2. The highest BCUT2D eigenvalue weighted by Crippen LogP contribution is 2.26. The molecule has 0 saturated carbocycles. The number of carbonyl (C=O) groups excluding carboxylic acids is 1. The van der Waals surface area contributed by atoms with Gasteiger partial charge in [0.15, 0.2) is 0 Å². The van der Waals surface area contributed by atoms with Crippen molar-refractivity contribution >= 4 is 11.6 Å². The molecule has 2 rings (SSSR count). The van der Waals surface area contributed by atoms with Crippen LogP contribution in [0.2, 0.25) is 0 Å². The highest BCUT2D eigenvalue weighted by Gasteiger charge is 2.14. The smallest absolute Gasteiger partial charge is 0.224 e. The molecule has 1 amide bonds. The minimum Gasteiger partial charge on any atom is -0.491 e. The van der Waals surface area contributed by atoms with Crippen molar-refractivity contribution in [2.24, 2.45) is 0 Å². The van der Waals surface area contributed by atoms with Gasteiger partial charge < -0.3 is 15.2 Å². The number of aliphatic hydroxyl groups excluding tert-OH is 1.